The van der Waals surface area contributed by atoms with Crippen LogP contribution < -0.4 is 10.6 Å². The third-order valence-corrected chi connectivity index (χ3v) is 3.48. The summed E-state index contributed by atoms with van der Waals surface area (Å²) < 4.78 is 18.4. The lowest BCUT2D eigenvalue weighted by Crippen LogP contribution is -2.30. The van der Waals surface area contributed by atoms with Crippen LogP contribution in [-0.4, -0.2) is 28.8 Å². The Morgan fingerprint density at radius 2 is 1.79 bits per heavy atom. The molecular weight excluding hydrogens is 373 g/mol. The number of hydrogen-bond donors (Lipinski definition) is 2. The maximum Gasteiger partial charge on any atom is 0.338 e. The van der Waals surface area contributed by atoms with E-state index in [9.17, 15) is 28.9 Å². The Bertz CT molecular complexity index is 947. The molecule has 1 atom stereocenters. The van der Waals surface area contributed by atoms with Crippen LogP contribution >= 0.6 is 0 Å². The highest BCUT2D eigenvalue weighted by Gasteiger charge is 2.21. The van der Waals surface area contributed by atoms with E-state index < -0.39 is 34.4 Å². The van der Waals surface area contributed by atoms with Gasteiger partial charge in [-0.25, -0.2) is 4.79 Å². The lowest BCUT2D eigenvalue weighted by Gasteiger charge is -2.14. The number of benzene rings is 2. The number of halogens is 1. The van der Waals surface area contributed by atoms with Crippen LogP contribution in [0.15, 0.2) is 42.5 Å². The third kappa shape index (κ3) is 5.34. The molecule has 2 aromatic rings. The maximum atomic E-state index is 13.3. The van der Waals surface area contributed by atoms with Crippen LogP contribution in [0.5, 0.6) is 0 Å². The summed E-state index contributed by atoms with van der Waals surface area (Å²) in [7, 11) is 0. The Balaban J connectivity index is 2.04. The molecular formula is C18H16FN3O6. The Hall–Kier alpha value is -3.82. The normalized spacial score (nSPS) is 11.2. The number of amides is 2. The monoisotopic (exact) mass is 389 g/mol. The number of nitro groups is 1. The van der Waals surface area contributed by atoms with E-state index in [0.717, 1.165) is 18.2 Å². The first-order valence-electron chi connectivity index (χ1n) is 8.01. The van der Waals surface area contributed by atoms with Gasteiger partial charge in [0.15, 0.2) is 6.10 Å². The van der Waals surface area contributed by atoms with Crippen molar-refractivity contribution >= 4 is 34.8 Å². The zero-order valence-electron chi connectivity index (χ0n) is 14.9. The first-order chi connectivity index (χ1) is 13.2. The average Bonchev–Trinajstić information content (AvgIpc) is 2.62. The summed E-state index contributed by atoms with van der Waals surface area (Å²) in [5.41, 5.74) is -0.313. The van der Waals surface area contributed by atoms with Crippen LogP contribution in [0.25, 0.3) is 0 Å². The van der Waals surface area contributed by atoms with Gasteiger partial charge in [0.2, 0.25) is 11.7 Å². The minimum absolute atomic E-state index is 0.0198. The molecule has 0 spiro atoms. The fourth-order valence-electron chi connectivity index (χ4n) is 2.18. The van der Waals surface area contributed by atoms with Crippen molar-refractivity contribution in [3.63, 3.8) is 0 Å². The number of nitrogens with one attached hydrogen (secondary N) is 2. The van der Waals surface area contributed by atoms with Gasteiger partial charge >= 0.3 is 11.7 Å². The van der Waals surface area contributed by atoms with Gasteiger partial charge in [0.25, 0.3) is 5.91 Å². The lowest BCUT2D eigenvalue weighted by atomic mass is 10.2. The molecule has 146 valence electrons. The number of esters is 1. The quantitative estimate of drug-likeness (QED) is 0.444. The topological polar surface area (TPSA) is 128 Å². The molecule has 0 heterocycles. The highest BCUT2D eigenvalue weighted by molar-refractivity contribution is 5.98. The number of anilines is 2. The molecule has 0 radical (unpaired) electrons. The minimum Gasteiger partial charge on any atom is -0.449 e. The second-order valence-corrected chi connectivity index (χ2v) is 5.72. The lowest BCUT2D eigenvalue weighted by molar-refractivity contribution is -0.387. The van der Waals surface area contributed by atoms with E-state index in [1.54, 1.807) is 6.07 Å². The molecule has 0 aromatic heterocycles. The first kappa shape index (κ1) is 20.5. The number of rotatable bonds is 6. The van der Waals surface area contributed by atoms with Gasteiger partial charge in [-0.2, -0.15) is 4.39 Å². The standard InChI is InChI=1S/C18H16FN3O6/c1-10(17(24)21-14-6-7-15(19)16(9-14)22(26)27)28-18(25)12-4-3-5-13(8-12)20-11(2)23/h3-10H,1-2H3,(H,20,23)(H,21,24)/t10-/m0/s1. The summed E-state index contributed by atoms with van der Waals surface area (Å²) in [4.78, 5) is 45.2. The van der Waals surface area contributed by atoms with Gasteiger partial charge < -0.3 is 15.4 Å². The molecule has 0 unspecified atom stereocenters. The van der Waals surface area contributed by atoms with Crippen LogP contribution in [-0.2, 0) is 14.3 Å². The number of nitrogens with zero attached hydrogens (tertiary/aromatic N) is 1. The van der Waals surface area contributed by atoms with Gasteiger partial charge in [0, 0.05) is 24.4 Å². The molecule has 2 aromatic carbocycles. The van der Waals surface area contributed by atoms with Crippen molar-refractivity contribution in [2.24, 2.45) is 0 Å². The summed E-state index contributed by atoms with van der Waals surface area (Å²) >= 11 is 0. The van der Waals surface area contributed by atoms with Crippen LogP contribution in [0, 0.1) is 15.9 Å². The fraction of sp³-hybridized carbons (Fsp3) is 0.167. The van der Waals surface area contributed by atoms with Crippen LogP contribution in [0.4, 0.5) is 21.5 Å². The van der Waals surface area contributed by atoms with Crippen LogP contribution in [0.3, 0.4) is 0 Å². The molecule has 2 rings (SSSR count). The summed E-state index contributed by atoms with van der Waals surface area (Å²) in [6, 6.07) is 8.79. The Labute approximate surface area is 158 Å². The van der Waals surface area contributed by atoms with E-state index in [1.807, 2.05) is 0 Å². The zero-order valence-corrected chi connectivity index (χ0v) is 14.9. The number of ether oxygens (including phenoxy) is 1. The first-order valence-corrected chi connectivity index (χ1v) is 8.01. The highest BCUT2D eigenvalue weighted by atomic mass is 19.1. The van der Waals surface area contributed by atoms with Crippen molar-refractivity contribution in [2.75, 3.05) is 10.6 Å². The maximum absolute atomic E-state index is 13.3. The zero-order chi connectivity index (χ0) is 20.8. The van der Waals surface area contributed by atoms with Crippen molar-refractivity contribution < 1.29 is 28.4 Å². The van der Waals surface area contributed by atoms with E-state index in [-0.39, 0.29) is 17.2 Å². The van der Waals surface area contributed by atoms with Gasteiger partial charge in [0.1, 0.15) is 0 Å². The molecule has 0 bridgehead atoms. The molecule has 0 aliphatic heterocycles. The summed E-state index contributed by atoms with van der Waals surface area (Å²) in [5.74, 6) is -2.92. The van der Waals surface area contributed by atoms with E-state index >= 15 is 0 Å². The minimum atomic E-state index is -1.24. The molecule has 0 saturated heterocycles. The van der Waals surface area contributed by atoms with Crippen molar-refractivity contribution in [2.45, 2.75) is 20.0 Å². The molecule has 0 aliphatic carbocycles. The Morgan fingerprint density at radius 1 is 1.11 bits per heavy atom. The predicted molar refractivity (Wildman–Crippen MR) is 97.3 cm³/mol. The number of nitro benzene ring substituents is 1. The molecule has 2 N–H and O–H groups in total. The summed E-state index contributed by atoms with van der Waals surface area (Å²) in [6.45, 7) is 2.63. The number of hydrogen-bond acceptors (Lipinski definition) is 6. The Morgan fingerprint density at radius 3 is 2.43 bits per heavy atom. The predicted octanol–water partition coefficient (Wildman–Crippen LogP) is 2.88. The van der Waals surface area contributed by atoms with E-state index in [0.29, 0.717) is 5.69 Å². The van der Waals surface area contributed by atoms with E-state index in [4.69, 9.17) is 4.74 Å². The van der Waals surface area contributed by atoms with Crippen LogP contribution in [0.1, 0.15) is 24.2 Å². The fourth-order valence-corrected chi connectivity index (χ4v) is 2.18. The van der Waals surface area contributed by atoms with Gasteiger partial charge in [-0.3, -0.25) is 19.7 Å². The molecule has 0 aliphatic rings. The van der Waals surface area contributed by atoms with E-state index in [1.165, 1.54) is 32.0 Å². The molecule has 0 fully saturated rings. The van der Waals surface area contributed by atoms with Gasteiger partial charge in [-0.1, -0.05) is 6.07 Å². The second-order valence-electron chi connectivity index (χ2n) is 5.72. The van der Waals surface area contributed by atoms with Gasteiger partial charge in [-0.15, -0.1) is 0 Å². The molecule has 28 heavy (non-hydrogen) atoms. The highest BCUT2D eigenvalue weighted by Crippen LogP contribution is 2.22. The smallest absolute Gasteiger partial charge is 0.338 e. The van der Waals surface area contributed by atoms with Crippen LogP contribution in [0.2, 0.25) is 0 Å². The molecule has 0 saturated carbocycles. The Kier molecular flexibility index (Phi) is 6.38. The van der Waals surface area contributed by atoms with E-state index in [2.05, 4.69) is 10.6 Å². The molecule has 9 nitrogen and oxygen atoms in total. The average molecular weight is 389 g/mol. The molecule has 2 amide bonds. The number of carbonyl (C=O) groups excluding carboxylic acids is 3. The SMILES string of the molecule is CC(=O)Nc1cccc(C(=O)O[C@@H](C)C(=O)Nc2ccc(F)c([N+](=O)[O-])c2)c1. The summed E-state index contributed by atoms with van der Waals surface area (Å²) in [6.07, 6.45) is -1.24. The van der Waals surface area contributed by atoms with Crippen molar-refractivity contribution in [1.29, 1.82) is 0 Å². The number of carbonyl (C=O) groups is 3. The molecule has 10 heteroatoms. The van der Waals surface area contributed by atoms with Crippen molar-refractivity contribution in [3.8, 4) is 0 Å². The largest absolute Gasteiger partial charge is 0.449 e. The van der Waals surface area contributed by atoms with Gasteiger partial charge in [0.05, 0.1) is 10.5 Å². The van der Waals surface area contributed by atoms with Crippen molar-refractivity contribution in [1.82, 2.24) is 0 Å². The van der Waals surface area contributed by atoms with Gasteiger partial charge in [-0.05, 0) is 37.3 Å². The van der Waals surface area contributed by atoms with Crippen molar-refractivity contribution in [3.05, 3.63) is 64.0 Å². The third-order valence-electron chi connectivity index (χ3n) is 3.48. The summed E-state index contributed by atoms with van der Waals surface area (Å²) in [5, 5.41) is 15.6. The second kappa shape index (κ2) is 8.71.